The minimum absolute atomic E-state index is 0.0933. The minimum Gasteiger partial charge on any atom is -0.313 e. The molecule has 0 aliphatic heterocycles. The first-order valence-corrected chi connectivity index (χ1v) is 15.1. The largest absolute Gasteiger partial charge is 0.386 e. The fourth-order valence-electron chi connectivity index (χ4n) is 5.96. The molecule has 0 spiro atoms. The van der Waals surface area contributed by atoms with E-state index in [-0.39, 0.29) is 41.0 Å². The van der Waals surface area contributed by atoms with Gasteiger partial charge in [-0.05, 0) is 103 Å². The first kappa shape index (κ1) is 32.7. The Balaban J connectivity index is 1.22. The van der Waals surface area contributed by atoms with Crippen LogP contribution in [0, 0.1) is 34.9 Å². The van der Waals surface area contributed by atoms with Crippen LogP contribution in [0.5, 0.6) is 0 Å². The number of aryl methyl sites for hydroxylation is 1. The molecule has 4 aromatic carbocycles. The Kier molecular flexibility index (Phi) is 9.97. The fourth-order valence-corrected chi connectivity index (χ4v) is 5.96. The molecule has 5 rings (SSSR count). The van der Waals surface area contributed by atoms with E-state index in [1.54, 1.807) is 6.07 Å². The Bertz CT molecular complexity index is 1640. The second-order valence-electron chi connectivity index (χ2n) is 11.6. The number of rotatable bonds is 10. The van der Waals surface area contributed by atoms with E-state index in [0.29, 0.717) is 42.5 Å². The van der Waals surface area contributed by atoms with Crippen molar-refractivity contribution in [1.29, 1.82) is 0 Å². The van der Waals surface area contributed by atoms with Crippen molar-refractivity contribution in [2.45, 2.75) is 76.4 Å². The third kappa shape index (κ3) is 7.40. The van der Waals surface area contributed by atoms with Gasteiger partial charge in [0, 0.05) is 11.1 Å². The van der Waals surface area contributed by atoms with Gasteiger partial charge in [0.1, 0.15) is 17.5 Å². The molecule has 0 amide bonds. The topological polar surface area (TPSA) is 9.23 Å². The highest BCUT2D eigenvalue weighted by molar-refractivity contribution is 5.71. The first-order chi connectivity index (χ1) is 21.5. The van der Waals surface area contributed by atoms with Crippen molar-refractivity contribution < 1.29 is 39.9 Å². The monoisotopic (exact) mass is 632 g/mol. The van der Waals surface area contributed by atoms with Gasteiger partial charge in [-0.2, -0.15) is 8.78 Å². The average Bonchev–Trinajstić information content (AvgIpc) is 3.00. The summed E-state index contributed by atoms with van der Waals surface area (Å²) in [6.07, 6.45) is 0.318. The van der Waals surface area contributed by atoms with Crippen LogP contribution in [0.25, 0.3) is 22.3 Å². The molecule has 0 heterocycles. The van der Waals surface area contributed by atoms with Gasteiger partial charge in [-0.25, -0.2) is 26.3 Å². The molecule has 1 aliphatic carbocycles. The summed E-state index contributed by atoms with van der Waals surface area (Å²) in [4.78, 5) is 0. The van der Waals surface area contributed by atoms with E-state index in [0.717, 1.165) is 37.5 Å². The zero-order valence-electron chi connectivity index (χ0n) is 24.6. The average molecular weight is 633 g/mol. The van der Waals surface area contributed by atoms with E-state index in [4.69, 9.17) is 4.74 Å². The molecule has 9 heteroatoms. The summed E-state index contributed by atoms with van der Waals surface area (Å²) in [6, 6.07) is 13.3. The lowest BCUT2D eigenvalue weighted by atomic mass is 9.82. The highest BCUT2D eigenvalue weighted by Crippen LogP contribution is 2.41. The molecule has 4 aromatic rings. The second kappa shape index (κ2) is 13.7. The normalized spacial score (nSPS) is 17.1. The van der Waals surface area contributed by atoms with Crippen molar-refractivity contribution in [3.8, 4) is 22.3 Å². The molecule has 1 saturated carbocycles. The van der Waals surface area contributed by atoms with Crippen LogP contribution in [-0.4, -0.2) is 6.10 Å². The van der Waals surface area contributed by atoms with Crippen molar-refractivity contribution in [1.82, 2.24) is 0 Å². The van der Waals surface area contributed by atoms with E-state index in [1.807, 2.05) is 6.92 Å². The number of hydrogen-bond donors (Lipinski definition) is 0. The highest BCUT2D eigenvalue weighted by atomic mass is 19.3. The maximum Gasteiger partial charge on any atom is 0.386 e. The Morgan fingerprint density at radius 3 is 1.89 bits per heavy atom. The van der Waals surface area contributed by atoms with Crippen LogP contribution in [-0.2, 0) is 17.3 Å². The Labute approximate surface area is 256 Å². The van der Waals surface area contributed by atoms with E-state index >= 15 is 4.39 Å². The summed E-state index contributed by atoms with van der Waals surface area (Å²) >= 11 is 0. The van der Waals surface area contributed by atoms with Crippen LogP contribution in [0.4, 0.5) is 35.1 Å². The van der Waals surface area contributed by atoms with Gasteiger partial charge < -0.3 is 4.74 Å². The van der Waals surface area contributed by atoms with Crippen molar-refractivity contribution in [2.75, 3.05) is 0 Å². The van der Waals surface area contributed by atoms with Gasteiger partial charge in [0.15, 0.2) is 17.5 Å². The van der Waals surface area contributed by atoms with Crippen LogP contribution in [0.15, 0.2) is 66.7 Å². The predicted molar refractivity (Wildman–Crippen MR) is 157 cm³/mol. The maximum absolute atomic E-state index is 15.2. The van der Waals surface area contributed by atoms with E-state index in [2.05, 4.69) is 0 Å². The SMILES string of the molecule is CCCCCc1ccc(C(F)(F)OC2CCC(c3ccc(-c4ccc(-c5cc(F)c(F)c(F)c5)c(F)c4)c(F)c3)CC2)c(F)c1. The lowest BCUT2D eigenvalue weighted by Gasteiger charge is -2.31. The first-order valence-electron chi connectivity index (χ1n) is 15.1. The summed E-state index contributed by atoms with van der Waals surface area (Å²) < 4.78 is 120. The van der Waals surface area contributed by atoms with E-state index in [9.17, 15) is 30.7 Å². The zero-order valence-corrected chi connectivity index (χ0v) is 24.6. The van der Waals surface area contributed by atoms with Gasteiger partial charge in [-0.15, -0.1) is 0 Å². The number of alkyl halides is 2. The number of hydrogen-bond acceptors (Lipinski definition) is 1. The third-order valence-electron chi connectivity index (χ3n) is 8.44. The van der Waals surface area contributed by atoms with Crippen molar-refractivity contribution >= 4 is 0 Å². The molecule has 0 aromatic heterocycles. The second-order valence-corrected chi connectivity index (χ2v) is 11.6. The standard InChI is InChI=1S/C36H32F8O/c1-2-3-4-5-21-6-15-29(32(39)16-21)36(43,44)45-26-11-7-22(8-12-26)23-9-13-27(30(37)17-23)24-10-14-28(31(38)18-24)25-19-33(40)35(42)34(41)20-25/h6,9-10,13-20,22,26H,2-5,7-8,11-12H2,1H3. The Morgan fingerprint density at radius 1 is 0.644 bits per heavy atom. The molecule has 0 unspecified atom stereocenters. The Morgan fingerprint density at radius 2 is 1.27 bits per heavy atom. The van der Waals surface area contributed by atoms with Gasteiger partial charge in [-0.3, -0.25) is 0 Å². The molecular weight excluding hydrogens is 600 g/mol. The molecule has 45 heavy (non-hydrogen) atoms. The number of unbranched alkanes of at least 4 members (excludes halogenated alkanes) is 2. The zero-order chi connectivity index (χ0) is 32.3. The van der Waals surface area contributed by atoms with Crippen molar-refractivity contribution in [3.05, 3.63) is 118 Å². The van der Waals surface area contributed by atoms with Gasteiger partial charge in [-0.1, -0.05) is 50.1 Å². The molecule has 0 saturated heterocycles. The van der Waals surface area contributed by atoms with Crippen LogP contribution in [0.3, 0.4) is 0 Å². The van der Waals surface area contributed by atoms with Crippen molar-refractivity contribution in [2.24, 2.45) is 0 Å². The third-order valence-corrected chi connectivity index (χ3v) is 8.44. The highest BCUT2D eigenvalue weighted by Gasteiger charge is 2.40. The fraction of sp³-hybridized carbons (Fsp3) is 0.333. The van der Waals surface area contributed by atoms with Crippen LogP contribution in [0.1, 0.15) is 74.5 Å². The Hall–Kier alpha value is -3.72. The van der Waals surface area contributed by atoms with Crippen LogP contribution >= 0.6 is 0 Å². The summed E-state index contributed by atoms with van der Waals surface area (Å²) in [5.41, 5.74) is 0.424. The van der Waals surface area contributed by atoms with Gasteiger partial charge in [0.05, 0.1) is 11.7 Å². The molecule has 238 valence electrons. The van der Waals surface area contributed by atoms with Crippen molar-refractivity contribution in [3.63, 3.8) is 0 Å². The predicted octanol–water partition coefficient (Wildman–Crippen LogP) is 11.4. The molecule has 0 radical (unpaired) electrons. The molecule has 1 fully saturated rings. The van der Waals surface area contributed by atoms with Gasteiger partial charge >= 0.3 is 6.11 Å². The van der Waals surface area contributed by atoms with Gasteiger partial charge in [0.2, 0.25) is 0 Å². The lowest BCUT2D eigenvalue weighted by Crippen LogP contribution is -2.30. The summed E-state index contributed by atoms with van der Waals surface area (Å²) in [7, 11) is 0. The maximum atomic E-state index is 15.2. The summed E-state index contributed by atoms with van der Waals surface area (Å²) in [6.45, 7) is 2.05. The lowest BCUT2D eigenvalue weighted by molar-refractivity contribution is -0.278. The molecule has 1 aliphatic rings. The molecular formula is C36H32F8O. The number of halogens is 8. The van der Waals surface area contributed by atoms with E-state index in [1.165, 1.54) is 30.3 Å². The number of benzene rings is 4. The molecule has 0 bridgehead atoms. The van der Waals surface area contributed by atoms with Crippen LogP contribution < -0.4 is 0 Å². The quantitative estimate of drug-likeness (QED) is 0.0960. The summed E-state index contributed by atoms with van der Waals surface area (Å²) in [5.74, 6) is -7.20. The molecule has 0 N–H and O–H groups in total. The smallest absolute Gasteiger partial charge is 0.313 e. The molecule has 0 atom stereocenters. The number of ether oxygens (including phenoxy) is 1. The van der Waals surface area contributed by atoms with E-state index < -0.39 is 52.7 Å². The van der Waals surface area contributed by atoms with Crippen LogP contribution in [0.2, 0.25) is 0 Å². The summed E-state index contributed by atoms with van der Waals surface area (Å²) in [5, 5.41) is 0. The molecule has 1 nitrogen and oxygen atoms in total. The minimum atomic E-state index is -3.79. The van der Waals surface area contributed by atoms with Gasteiger partial charge in [0.25, 0.3) is 0 Å².